The van der Waals surface area contributed by atoms with E-state index in [1.165, 1.54) is 23.5 Å². The monoisotopic (exact) mass is 418 g/mol. The van der Waals surface area contributed by atoms with Crippen LogP contribution in [-0.4, -0.2) is 4.98 Å². The summed E-state index contributed by atoms with van der Waals surface area (Å²) in [6.45, 7) is 0. The Morgan fingerprint density at radius 1 is 1.00 bits per heavy atom. The van der Waals surface area contributed by atoms with Crippen molar-refractivity contribution in [3.8, 4) is 0 Å². The Labute approximate surface area is 134 Å². The SMILES string of the molecule is Fc1cc(Br)cc(F)c1Nc1nc2cc(Br)ccc2s1. The summed E-state index contributed by atoms with van der Waals surface area (Å²) in [6, 6.07) is 8.05. The second-order valence-corrected chi connectivity index (χ2v) is 6.86. The number of aromatic nitrogens is 1. The van der Waals surface area contributed by atoms with Crippen molar-refractivity contribution in [3.63, 3.8) is 0 Å². The minimum absolute atomic E-state index is 0.202. The number of fused-ring (bicyclic) bond motifs is 1. The van der Waals surface area contributed by atoms with Crippen molar-refractivity contribution in [2.75, 3.05) is 5.32 Å². The first-order valence-electron chi connectivity index (χ1n) is 5.50. The van der Waals surface area contributed by atoms with Crippen molar-refractivity contribution >= 4 is 64.2 Å². The zero-order chi connectivity index (χ0) is 14.3. The van der Waals surface area contributed by atoms with Gasteiger partial charge in [-0.15, -0.1) is 0 Å². The van der Waals surface area contributed by atoms with E-state index in [-0.39, 0.29) is 5.69 Å². The second kappa shape index (κ2) is 5.38. The van der Waals surface area contributed by atoms with Gasteiger partial charge in [0, 0.05) is 8.95 Å². The van der Waals surface area contributed by atoms with Gasteiger partial charge < -0.3 is 5.32 Å². The quantitative estimate of drug-likeness (QED) is 0.564. The summed E-state index contributed by atoms with van der Waals surface area (Å²) in [5, 5.41) is 3.14. The molecule has 0 atom stereocenters. The maximum atomic E-state index is 13.8. The van der Waals surface area contributed by atoms with E-state index < -0.39 is 11.6 Å². The van der Waals surface area contributed by atoms with E-state index in [0.717, 1.165) is 14.7 Å². The predicted octanol–water partition coefficient (Wildman–Crippen LogP) is 5.84. The number of anilines is 2. The van der Waals surface area contributed by atoms with Crippen molar-refractivity contribution in [1.82, 2.24) is 4.98 Å². The molecule has 0 spiro atoms. The minimum Gasteiger partial charge on any atom is -0.327 e. The lowest BCUT2D eigenvalue weighted by Gasteiger charge is -2.06. The summed E-state index contributed by atoms with van der Waals surface area (Å²) in [6.07, 6.45) is 0. The number of rotatable bonds is 2. The molecule has 2 aromatic carbocycles. The number of nitrogens with zero attached hydrogens (tertiary/aromatic N) is 1. The van der Waals surface area contributed by atoms with Crippen molar-refractivity contribution in [3.05, 3.63) is 50.9 Å². The van der Waals surface area contributed by atoms with Crippen LogP contribution >= 0.6 is 43.2 Å². The number of benzene rings is 2. The molecule has 1 aromatic heterocycles. The van der Waals surface area contributed by atoms with Gasteiger partial charge in [-0.3, -0.25) is 0 Å². The fourth-order valence-corrected chi connectivity index (χ4v) is 3.32. The Bertz CT molecular complexity index is 781. The molecule has 0 radical (unpaired) electrons. The van der Waals surface area contributed by atoms with Gasteiger partial charge in [0.1, 0.15) is 5.69 Å². The third-order valence-corrected chi connectivity index (χ3v) is 4.49. The molecule has 0 fully saturated rings. The van der Waals surface area contributed by atoms with Crippen LogP contribution in [0.4, 0.5) is 19.6 Å². The number of halogens is 4. The van der Waals surface area contributed by atoms with Crippen molar-refractivity contribution in [2.24, 2.45) is 0 Å². The average molecular weight is 420 g/mol. The molecule has 0 aliphatic heterocycles. The molecule has 1 N–H and O–H groups in total. The van der Waals surface area contributed by atoms with E-state index >= 15 is 0 Å². The first-order chi connectivity index (χ1) is 9.52. The van der Waals surface area contributed by atoms with E-state index in [0.29, 0.717) is 9.60 Å². The Balaban J connectivity index is 2.01. The van der Waals surface area contributed by atoms with E-state index in [1.54, 1.807) is 0 Å². The van der Waals surface area contributed by atoms with Crippen molar-refractivity contribution in [2.45, 2.75) is 0 Å². The van der Waals surface area contributed by atoms with Gasteiger partial charge in [-0.1, -0.05) is 43.2 Å². The van der Waals surface area contributed by atoms with E-state index in [9.17, 15) is 8.78 Å². The summed E-state index contributed by atoms with van der Waals surface area (Å²) < 4.78 is 29.7. The Morgan fingerprint density at radius 3 is 2.40 bits per heavy atom. The highest BCUT2D eigenvalue weighted by molar-refractivity contribution is 9.10. The molecule has 0 aliphatic rings. The van der Waals surface area contributed by atoms with Gasteiger partial charge in [-0.2, -0.15) is 0 Å². The second-order valence-electron chi connectivity index (χ2n) is 4.00. The Morgan fingerprint density at radius 2 is 1.70 bits per heavy atom. The lowest BCUT2D eigenvalue weighted by atomic mass is 10.3. The van der Waals surface area contributed by atoms with Crippen LogP contribution in [0.15, 0.2) is 39.3 Å². The van der Waals surface area contributed by atoms with Gasteiger partial charge in [-0.05, 0) is 30.3 Å². The summed E-state index contributed by atoms with van der Waals surface area (Å²) in [4.78, 5) is 4.31. The molecule has 2 nitrogen and oxygen atoms in total. The summed E-state index contributed by atoms with van der Waals surface area (Å²) in [7, 11) is 0. The lowest BCUT2D eigenvalue weighted by molar-refractivity contribution is 0.589. The molecule has 102 valence electrons. The minimum atomic E-state index is -0.669. The number of nitrogens with one attached hydrogen (secondary N) is 1. The Hall–Kier alpha value is -1.05. The largest absolute Gasteiger partial charge is 0.327 e. The first-order valence-corrected chi connectivity index (χ1v) is 7.91. The van der Waals surface area contributed by atoms with Gasteiger partial charge in [0.05, 0.1) is 10.2 Å². The molecule has 0 saturated carbocycles. The molecule has 0 amide bonds. The molecule has 0 unspecified atom stereocenters. The summed E-state index contributed by atoms with van der Waals surface area (Å²) in [5.41, 5.74) is 0.566. The van der Waals surface area contributed by atoms with Gasteiger partial charge in [-0.25, -0.2) is 13.8 Å². The van der Waals surface area contributed by atoms with Crippen molar-refractivity contribution in [1.29, 1.82) is 0 Å². The molecule has 3 aromatic rings. The van der Waals surface area contributed by atoms with E-state index in [1.807, 2.05) is 18.2 Å². The topological polar surface area (TPSA) is 24.9 Å². The third kappa shape index (κ3) is 2.70. The molecular formula is C13H6Br2F2N2S. The maximum Gasteiger partial charge on any atom is 0.188 e. The fourth-order valence-electron chi connectivity index (χ4n) is 1.72. The highest BCUT2D eigenvalue weighted by Gasteiger charge is 2.13. The maximum absolute atomic E-state index is 13.8. The van der Waals surface area contributed by atoms with Gasteiger partial charge in [0.15, 0.2) is 16.8 Å². The number of hydrogen-bond donors (Lipinski definition) is 1. The summed E-state index contributed by atoms with van der Waals surface area (Å²) >= 11 is 7.74. The van der Waals surface area contributed by atoms with Crippen LogP contribution in [0.3, 0.4) is 0 Å². The standard InChI is InChI=1S/C13H6Br2F2N2S/c14-6-1-2-11-10(5-6)18-13(20-11)19-12-8(16)3-7(15)4-9(12)17/h1-5H,(H,18,19). The fraction of sp³-hybridized carbons (Fsp3) is 0. The normalized spacial score (nSPS) is 11.0. The first kappa shape index (κ1) is 13.9. The van der Waals surface area contributed by atoms with Crippen LogP contribution in [0, 0.1) is 11.6 Å². The van der Waals surface area contributed by atoms with Crippen LogP contribution in [0.2, 0.25) is 0 Å². The van der Waals surface area contributed by atoms with E-state index in [2.05, 4.69) is 42.2 Å². The van der Waals surface area contributed by atoms with Crippen LogP contribution in [0.1, 0.15) is 0 Å². The van der Waals surface area contributed by atoms with Crippen molar-refractivity contribution < 1.29 is 8.78 Å². The zero-order valence-corrected chi connectivity index (χ0v) is 13.7. The highest BCUT2D eigenvalue weighted by Crippen LogP contribution is 2.32. The van der Waals surface area contributed by atoms with Crippen LogP contribution in [0.25, 0.3) is 10.2 Å². The zero-order valence-electron chi connectivity index (χ0n) is 9.75. The molecule has 0 aliphatic carbocycles. The van der Waals surface area contributed by atoms with Gasteiger partial charge >= 0.3 is 0 Å². The van der Waals surface area contributed by atoms with Gasteiger partial charge in [0.25, 0.3) is 0 Å². The number of hydrogen-bond acceptors (Lipinski definition) is 3. The van der Waals surface area contributed by atoms with Gasteiger partial charge in [0.2, 0.25) is 0 Å². The molecule has 3 rings (SSSR count). The molecule has 1 heterocycles. The van der Waals surface area contributed by atoms with Crippen LogP contribution < -0.4 is 5.32 Å². The molecule has 0 saturated heterocycles. The number of thiazole rings is 1. The van der Waals surface area contributed by atoms with Crippen LogP contribution in [0.5, 0.6) is 0 Å². The summed E-state index contributed by atoms with van der Waals surface area (Å²) in [5.74, 6) is -1.34. The molecule has 0 bridgehead atoms. The smallest absolute Gasteiger partial charge is 0.188 e. The third-order valence-electron chi connectivity index (χ3n) is 2.59. The van der Waals surface area contributed by atoms with Crippen LogP contribution in [-0.2, 0) is 0 Å². The predicted molar refractivity (Wildman–Crippen MR) is 84.7 cm³/mol. The van der Waals surface area contributed by atoms with E-state index in [4.69, 9.17) is 0 Å². The molecule has 20 heavy (non-hydrogen) atoms. The average Bonchev–Trinajstić information content (AvgIpc) is 2.75. The molecule has 7 heteroatoms. The highest BCUT2D eigenvalue weighted by atomic mass is 79.9. The Kier molecular flexibility index (Phi) is 3.74. The molecular weight excluding hydrogens is 414 g/mol. The lowest BCUT2D eigenvalue weighted by Crippen LogP contribution is -1.97.